The van der Waals surface area contributed by atoms with Crippen LogP contribution in [0.5, 0.6) is 0 Å². The molecule has 5 heteroatoms. The summed E-state index contributed by atoms with van der Waals surface area (Å²) < 4.78 is 0. The summed E-state index contributed by atoms with van der Waals surface area (Å²) >= 11 is 0. The van der Waals surface area contributed by atoms with Crippen LogP contribution in [0.1, 0.15) is 82.3 Å². The summed E-state index contributed by atoms with van der Waals surface area (Å²) in [5.41, 5.74) is 3.07. The van der Waals surface area contributed by atoms with Gasteiger partial charge in [0.1, 0.15) is 0 Å². The van der Waals surface area contributed by atoms with E-state index in [-0.39, 0.29) is 17.6 Å². The number of carbonyl (C=O) groups excluding carboxylic acids is 1. The fraction of sp³-hybridized carbons (Fsp3) is 0.767. The van der Waals surface area contributed by atoms with Crippen LogP contribution in [0.3, 0.4) is 0 Å². The van der Waals surface area contributed by atoms with Crippen LogP contribution >= 0.6 is 0 Å². The molecule has 194 valence electrons. The first-order valence-electron chi connectivity index (χ1n) is 14.3. The SMILES string of the molecule is CCC1(C(=O)N2CCC3(CC2)CC(N(C)C)C3)CCC(C[C@@H](O)[C@@H]2Cc3ccccc3CN2)CC1. The van der Waals surface area contributed by atoms with Crippen LogP contribution in [0.15, 0.2) is 24.3 Å². The molecule has 1 aromatic carbocycles. The van der Waals surface area contributed by atoms with Crippen LogP contribution in [0.2, 0.25) is 0 Å². The number of carbonyl (C=O) groups is 1. The van der Waals surface area contributed by atoms with E-state index in [0.717, 1.165) is 70.6 Å². The number of aliphatic hydroxyl groups excluding tert-OH is 1. The van der Waals surface area contributed by atoms with Crippen LogP contribution in [-0.2, 0) is 17.8 Å². The maximum atomic E-state index is 13.7. The van der Waals surface area contributed by atoms with Crippen LogP contribution in [-0.4, -0.2) is 66.2 Å². The van der Waals surface area contributed by atoms with Gasteiger partial charge in [-0.25, -0.2) is 0 Å². The van der Waals surface area contributed by atoms with Gasteiger partial charge >= 0.3 is 0 Å². The largest absolute Gasteiger partial charge is 0.391 e. The van der Waals surface area contributed by atoms with E-state index in [1.54, 1.807) is 0 Å². The van der Waals surface area contributed by atoms with Crippen molar-refractivity contribution in [3.63, 3.8) is 0 Å². The van der Waals surface area contributed by atoms with Crippen LogP contribution in [0.25, 0.3) is 0 Å². The third-order valence-electron chi connectivity index (χ3n) is 10.5. The van der Waals surface area contributed by atoms with Gasteiger partial charge in [-0.2, -0.15) is 0 Å². The maximum absolute atomic E-state index is 13.7. The number of nitrogens with zero attached hydrogens (tertiary/aromatic N) is 2. The Kier molecular flexibility index (Phi) is 7.31. The molecule has 0 aromatic heterocycles. The Bertz CT molecular complexity index is 875. The third-order valence-corrected chi connectivity index (χ3v) is 10.5. The summed E-state index contributed by atoms with van der Waals surface area (Å²) in [5, 5.41) is 14.6. The first-order valence-corrected chi connectivity index (χ1v) is 14.3. The van der Waals surface area contributed by atoms with E-state index < -0.39 is 0 Å². The molecule has 1 saturated heterocycles. The number of nitrogens with one attached hydrogen (secondary N) is 1. The van der Waals surface area contributed by atoms with Gasteiger partial charge in [0.15, 0.2) is 0 Å². The van der Waals surface area contributed by atoms with Crippen molar-refractivity contribution in [2.45, 2.75) is 102 Å². The molecule has 2 heterocycles. The Morgan fingerprint density at radius 3 is 2.40 bits per heavy atom. The molecule has 3 fully saturated rings. The Labute approximate surface area is 212 Å². The standard InChI is InChI=1S/C30H47N3O2/c1-4-30(28(35)33-15-13-29(14-16-33)19-25(20-29)32(2)3)11-9-22(10-12-30)17-27(34)26-18-23-7-5-6-8-24(23)21-31-26/h5-8,22,25-27,31,34H,4,9-21H2,1-3H3/t22?,26-,27+,30?/m0/s1. The lowest BCUT2D eigenvalue weighted by atomic mass is 9.59. The number of likely N-dealkylation sites (tertiary alicyclic amines) is 1. The quantitative estimate of drug-likeness (QED) is 0.634. The fourth-order valence-electron chi connectivity index (χ4n) is 7.67. The van der Waals surface area contributed by atoms with Gasteiger partial charge in [0.2, 0.25) is 5.91 Å². The van der Waals surface area contributed by atoms with Crippen molar-refractivity contribution in [2.24, 2.45) is 16.7 Å². The van der Waals surface area contributed by atoms with Crippen molar-refractivity contribution in [3.05, 3.63) is 35.4 Å². The molecule has 5 nitrogen and oxygen atoms in total. The molecule has 2 aliphatic heterocycles. The Balaban J connectivity index is 1.10. The second kappa shape index (κ2) is 10.1. The molecular weight excluding hydrogens is 434 g/mol. The van der Waals surface area contributed by atoms with E-state index in [1.165, 1.54) is 36.8 Å². The summed E-state index contributed by atoms with van der Waals surface area (Å²) in [6, 6.07) is 9.46. The Morgan fingerprint density at radius 2 is 1.77 bits per heavy atom. The monoisotopic (exact) mass is 481 g/mol. The van der Waals surface area contributed by atoms with Crippen molar-refractivity contribution in [2.75, 3.05) is 27.2 Å². The van der Waals surface area contributed by atoms with Gasteiger partial charge in [-0.1, -0.05) is 31.2 Å². The summed E-state index contributed by atoms with van der Waals surface area (Å²) in [6.45, 7) is 4.98. The molecule has 5 rings (SSSR count). The highest BCUT2D eigenvalue weighted by molar-refractivity contribution is 5.83. The zero-order chi connectivity index (χ0) is 24.6. The van der Waals surface area contributed by atoms with Crippen molar-refractivity contribution in [3.8, 4) is 0 Å². The minimum absolute atomic E-state index is 0.142. The molecule has 2 saturated carbocycles. The number of hydrogen-bond acceptors (Lipinski definition) is 4. The van der Waals surface area contributed by atoms with Gasteiger partial charge in [0.25, 0.3) is 0 Å². The lowest BCUT2D eigenvalue weighted by Gasteiger charge is -2.55. The van der Waals surface area contributed by atoms with Crippen molar-refractivity contribution >= 4 is 5.91 Å². The van der Waals surface area contributed by atoms with E-state index >= 15 is 0 Å². The van der Waals surface area contributed by atoms with Gasteiger partial charge in [0, 0.05) is 37.1 Å². The maximum Gasteiger partial charge on any atom is 0.228 e. The zero-order valence-electron chi connectivity index (χ0n) is 22.3. The number of benzene rings is 1. The number of amides is 1. The number of fused-ring (bicyclic) bond motifs is 1. The van der Waals surface area contributed by atoms with E-state index in [1.807, 2.05) is 0 Å². The van der Waals surface area contributed by atoms with E-state index in [9.17, 15) is 9.90 Å². The molecule has 0 radical (unpaired) electrons. The molecule has 1 aromatic rings. The molecule has 0 unspecified atom stereocenters. The number of piperidine rings is 1. The van der Waals surface area contributed by atoms with Crippen molar-refractivity contribution in [1.29, 1.82) is 0 Å². The summed E-state index contributed by atoms with van der Waals surface area (Å²) in [4.78, 5) is 18.3. The van der Waals surface area contributed by atoms with E-state index in [2.05, 4.69) is 60.4 Å². The van der Waals surface area contributed by atoms with Crippen LogP contribution < -0.4 is 5.32 Å². The lowest BCUT2D eigenvalue weighted by Crippen LogP contribution is -2.56. The van der Waals surface area contributed by atoms with Crippen LogP contribution in [0, 0.1) is 16.7 Å². The minimum atomic E-state index is -0.315. The number of aliphatic hydroxyl groups is 1. The zero-order valence-corrected chi connectivity index (χ0v) is 22.3. The summed E-state index contributed by atoms with van der Waals surface area (Å²) in [6.07, 6.45) is 11.5. The van der Waals surface area contributed by atoms with Gasteiger partial charge in [-0.15, -0.1) is 0 Å². The van der Waals surface area contributed by atoms with Gasteiger partial charge < -0.3 is 20.2 Å². The second-order valence-corrected chi connectivity index (χ2v) is 12.7. The second-order valence-electron chi connectivity index (χ2n) is 12.7. The van der Waals surface area contributed by atoms with Crippen LogP contribution in [0.4, 0.5) is 0 Å². The average molecular weight is 482 g/mol. The third kappa shape index (κ3) is 5.06. The first-order chi connectivity index (χ1) is 16.8. The van der Waals surface area contributed by atoms with Gasteiger partial charge in [0.05, 0.1) is 6.10 Å². The highest BCUT2D eigenvalue weighted by atomic mass is 16.3. The highest BCUT2D eigenvalue weighted by Crippen LogP contribution is 2.51. The molecule has 2 aliphatic carbocycles. The summed E-state index contributed by atoms with van der Waals surface area (Å²) in [5.74, 6) is 0.960. The lowest BCUT2D eigenvalue weighted by molar-refractivity contribution is -0.149. The van der Waals surface area contributed by atoms with E-state index in [4.69, 9.17) is 0 Å². The molecule has 35 heavy (non-hydrogen) atoms. The topological polar surface area (TPSA) is 55.8 Å². The van der Waals surface area contributed by atoms with Crippen molar-refractivity contribution < 1.29 is 9.90 Å². The molecule has 0 bridgehead atoms. The number of rotatable bonds is 6. The predicted octanol–water partition coefficient (Wildman–Crippen LogP) is 4.37. The Hall–Kier alpha value is -1.43. The Morgan fingerprint density at radius 1 is 1.11 bits per heavy atom. The normalized spacial score (nSPS) is 31.7. The molecule has 1 spiro atoms. The smallest absolute Gasteiger partial charge is 0.228 e. The molecule has 2 N–H and O–H groups in total. The van der Waals surface area contributed by atoms with Gasteiger partial charge in [-0.3, -0.25) is 4.79 Å². The fourth-order valence-corrected chi connectivity index (χ4v) is 7.67. The summed E-state index contributed by atoms with van der Waals surface area (Å²) in [7, 11) is 4.39. The molecule has 4 aliphatic rings. The molecule has 1 amide bonds. The predicted molar refractivity (Wildman–Crippen MR) is 141 cm³/mol. The van der Waals surface area contributed by atoms with Crippen molar-refractivity contribution in [1.82, 2.24) is 15.1 Å². The average Bonchev–Trinajstić information content (AvgIpc) is 2.87. The first kappa shape index (κ1) is 25.2. The van der Waals surface area contributed by atoms with Gasteiger partial charge in [-0.05, 0) is 107 Å². The van der Waals surface area contributed by atoms with E-state index in [0.29, 0.717) is 17.2 Å². The molecule has 2 atom stereocenters. The highest BCUT2D eigenvalue weighted by Gasteiger charge is 2.49. The minimum Gasteiger partial charge on any atom is -0.391 e. The number of hydrogen-bond donors (Lipinski definition) is 2. The molecular formula is C30H47N3O2.